The van der Waals surface area contributed by atoms with Crippen LogP contribution in [0.15, 0.2) is 47.6 Å². The predicted octanol–water partition coefficient (Wildman–Crippen LogP) is 7.34. The number of amides is 1. The Labute approximate surface area is 412 Å². The molecule has 14 atom stereocenters. The van der Waals surface area contributed by atoms with Crippen molar-refractivity contribution >= 4 is 51.8 Å². The molecular weight excluding hydrogens is 973 g/mol. The van der Waals surface area contributed by atoms with E-state index >= 15 is 0 Å². The maximum atomic E-state index is 14.4. The van der Waals surface area contributed by atoms with Crippen LogP contribution in [0.3, 0.4) is 0 Å². The Hall–Kier alpha value is -2.64. The molecule has 4 aliphatic rings. The zero-order valence-corrected chi connectivity index (χ0v) is 43.6. The van der Waals surface area contributed by atoms with Gasteiger partial charge in [0.15, 0.2) is 5.78 Å². The predicted molar refractivity (Wildman–Crippen MR) is 263 cm³/mol. The van der Waals surface area contributed by atoms with E-state index in [1.54, 1.807) is 34.0 Å². The van der Waals surface area contributed by atoms with Gasteiger partial charge in [-0.2, -0.15) is 0 Å². The molecule has 1 aliphatic carbocycles. The first-order valence-electron chi connectivity index (χ1n) is 24.6. The van der Waals surface area contributed by atoms with Gasteiger partial charge in [0, 0.05) is 44.9 Å². The van der Waals surface area contributed by atoms with E-state index in [0.29, 0.717) is 69.8 Å². The second-order valence-corrected chi connectivity index (χ2v) is 21.6. The number of hydrogen-bond acceptors (Lipinski definition) is 13. The highest BCUT2D eigenvalue weighted by molar-refractivity contribution is 14.1. The summed E-state index contributed by atoms with van der Waals surface area (Å²) in [6.07, 6.45) is 14.9. The van der Waals surface area contributed by atoms with E-state index in [9.17, 15) is 39.3 Å². The summed E-state index contributed by atoms with van der Waals surface area (Å²) < 4.78 is 28.2. The van der Waals surface area contributed by atoms with Crippen LogP contribution in [0.4, 0.5) is 0 Å². The van der Waals surface area contributed by atoms with Crippen molar-refractivity contribution in [2.45, 2.75) is 178 Å². The Morgan fingerprint density at radius 1 is 0.925 bits per heavy atom. The minimum atomic E-state index is -2.37. The number of carbonyl (C=O) groups is 5. The molecule has 2 saturated heterocycles. The maximum absolute atomic E-state index is 14.4. The lowest BCUT2D eigenvalue weighted by Gasteiger charge is -2.42. The van der Waals surface area contributed by atoms with Crippen molar-refractivity contribution in [3.63, 3.8) is 0 Å². The number of halogens is 1. The number of hydrogen-bond donors (Lipinski definition) is 3. The van der Waals surface area contributed by atoms with Gasteiger partial charge in [-0.25, -0.2) is 4.79 Å². The highest BCUT2D eigenvalue weighted by atomic mass is 127. The van der Waals surface area contributed by atoms with Crippen LogP contribution in [0.25, 0.3) is 0 Å². The van der Waals surface area contributed by atoms with Crippen LogP contribution in [0.5, 0.6) is 0 Å². The van der Waals surface area contributed by atoms with E-state index in [1.165, 1.54) is 12.0 Å². The van der Waals surface area contributed by atoms with Crippen LogP contribution in [0, 0.1) is 35.5 Å². The van der Waals surface area contributed by atoms with Crippen LogP contribution >= 0.6 is 22.6 Å². The number of rotatable bonds is 8. The molecule has 0 aromatic rings. The fraction of sp³-hybridized carbons (Fsp3) is 0.750. The number of alkyl halides is 1. The largest absolute Gasteiger partial charge is 0.460 e. The lowest BCUT2D eigenvalue weighted by Crippen LogP contribution is -2.60. The van der Waals surface area contributed by atoms with Crippen LogP contribution in [-0.4, -0.2) is 129 Å². The molecule has 4 rings (SSSR count). The van der Waals surface area contributed by atoms with Crippen molar-refractivity contribution in [2.75, 3.05) is 34.0 Å². The second kappa shape index (κ2) is 26.5. The number of nitrogens with zero attached hydrogens (tertiary/aromatic N) is 1. The van der Waals surface area contributed by atoms with E-state index in [1.807, 2.05) is 80.7 Å². The van der Waals surface area contributed by atoms with Crippen molar-refractivity contribution in [3.05, 3.63) is 47.6 Å². The summed E-state index contributed by atoms with van der Waals surface area (Å²) >= 11 is 1.87. The molecule has 3 heterocycles. The molecule has 2 bridgehead atoms. The van der Waals surface area contributed by atoms with Gasteiger partial charge < -0.3 is 43.9 Å². The summed E-state index contributed by atoms with van der Waals surface area (Å²) in [4.78, 5) is 72.3. The smallest absolute Gasteiger partial charge is 0.329 e. The van der Waals surface area contributed by atoms with E-state index in [0.717, 1.165) is 12.0 Å². The standard InChI is InChI=1S/C52H80INO13/c1-32-15-11-10-12-16-33(2)27-36(5)46(57)51(53,64-9)47(58)37(6)28-34(3)42(56)31-44(35(4)29-39-20-23-43(65-26-25-55)45(30-39)63-8)66-50(61)41-17-13-14-24-54(41)49(60)48(59)52(62)38(7)19-22-40(67-52)21-18-32/h10-12,15-16,28,33-36,38-41,43-45,47,55,58,62H,13-14,17-27,29-31H2,1-9H3/b11-10+,16-12?,32-15+,37-28+/t33-,34-,35-,36-,38-,39+,40-,41?,43-,44+,45-,47-,51-,52-/m1/s1. The van der Waals surface area contributed by atoms with Crippen LogP contribution in [0.2, 0.25) is 0 Å². The number of allylic oxidation sites excluding steroid dienone is 7. The molecule has 15 heteroatoms. The Morgan fingerprint density at radius 2 is 1.66 bits per heavy atom. The number of fused-ring (bicyclic) bond motifs is 3. The van der Waals surface area contributed by atoms with Gasteiger partial charge in [-0.3, -0.25) is 19.2 Å². The third-order valence-electron chi connectivity index (χ3n) is 14.6. The average molecular weight is 1050 g/mol. The minimum absolute atomic E-state index is 0.0281. The Balaban J connectivity index is 1.69. The maximum Gasteiger partial charge on any atom is 0.329 e. The summed E-state index contributed by atoms with van der Waals surface area (Å²) in [5.74, 6) is -7.79. The van der Waals surface area contributed by atoms with Gasteiger partial charge in [0.05, 0.1) is 31.5 Å². The van der Waals surface area contributed by atoms with Gasteiger partial charge >= 0.3 is 5.97 Å². The normalized spacial score (nSPS) is 39.1. The van der Waals surface area contributed by atoms with Crippen molar-refractivity contribution in [1.82, 2.24) is 4.90 Å². The highest BCUT2D eigenvalue weighted by Crippen LogP contribution is 2.39. The lowest BCUT2D eigenvalue weighted by molar-refractivity contribution is -0.263. The molecule has 0 aromatic heterocycles. The number of piperidine rings is 1. The number of methoxy groups -OCH3 is 2. The van der Waals surface area contributed by atoms with Gasteiger partial charge in [-0.15, -0.1) is 0 Å². The number of Topliss-reactive ketones (excluding diaryl/α,β-unsaturated/α-hetero) is 3. The molecule has 0 aromatic carbocycles. The van der Waals surface area contributed by atoms with E-state index < -0.39 is 69.2 Å². The van der Waals surface area contributed by atoms with Crippen molar-refractivity contribution in [2.24, 2.45) is 35.5 Å². The molecule has 1 unspecified atom stereocenters. The zero-order valence-electron chi connectivity index (χ0n) is 41.5. The first kappa shape index (κ1) is 56.9. The first-order chi connectivity index (χ1) is 31.7. The number of esters is 1. The monoisotopic (exact) mass is 1050 g/mol. The van der Waals surface area contributed by atoms with E-state index in [-0.39, 0.29) is 74.1 Å². The summed E-state index contributed by atoms with van der Waals surface area (Å²) in [6.45, 7) is 13.0. The lowest BCUT2D eigenvalue weighted by atomic mass is 9.78. The number of carbonyl (C=O) groups excluding carboxylic acids is 5. The number of aliphatic hydroxyl groups is 3. The van der Waals surface area contributed by atoms with Gasteiger partial charge in [0.25, 0.3) is 11.7 Å². The van der Waals surface area contributed by atoms with Gasteiger partial charge in [-0.1, -0.05) is 76.6 Å². The minimum Gasteiger partial charge on any atom is -0.460 e. The fourth-order valence-corrected chi connectivity index (χ4v) is 11.3. The number of ketones is 3. The van der Waals surface area contributed by atoms with Crippen LogP contribution in [-0.2, 0) is 47.7 Å². The highest BCUT2D eigenvalue weighted by Gasteiger charge is 2.53. The molecule has 1 amide bonds. The first-order valence-corrected chi connectivity index (χ1v) is 25.7. The summed E-state index contributed by atoms with van der Waals surface area (Å²) in [5.41, 5.74) is 1.43. The van der Waals surface area contributed by atoms with Gasteiger partial charge in [-0.05, 0) is 137 Å². The Kier molecular flexibility index (Phi) is 22.6. The topological polar surface area (TPSA) is 195 Å². The van der Waals surface area contributed by atoms with E-state index in [4.69, 9.17) is 23.7 Å². The molecular formula is C52H80INO13. The summed E-state index contributed by atoms with van der Waals surface area (Å²) in [7, 11) is 3.02. The summed E-state index contributed by atoms with van der Waals surface area (Å²) in [6, 6.07) is -1.12. The van der Waals surface area contributed by atoms with Gasteiger partial charge in [0.1, 0.15) is 24.0 Å². The summed E-state index contributed by atoms with van der Waals surface area (Å²) in [5, 5.41) is 32.9. The van der Waals surface area contributed by atoms with Crippen molar-refractivity contribution in [1.29, 1.82) is 0 Å². The quantitative estimate of drug-likeness (QED) is 0.0720. The molecule has 1 saturated carbocycles. The molecule has 378 valence electrons. The molecule has 3 fully saturated rings. The Bertz CT molecular complexity index is 1810. The fourth-order valence-electron chi connectivity index (χ4n) is 10.2. The molecule has 67 heavy (non-hydrogen) atoms. The molecule has 14 nitrogen and oxygen atoms in total. The number of ether oxygens (including phenoxy) is 5. The third kappa shape index (κ3) is 15.2. The van der Waals surface area contributed by atoms with Crippen molar-refractivity contribution in [3.8, 4) is 0 Å². The van der Waals surface area contributed by atoms with Crippen molar-refractivity contribution < 1.29 is 63.0 Å². The van der Waals surface area contributed by atoms with Crippen LogP contribution < -0.4 is 0 Å². The van der Waals surface area contributed by atoms with Crippen LogP contribution in [0.1, 0.15) is 132 Å². The molecule has 0 radical (unpaired) electrons. The SMILES string of the molecule is CO[C@@H]1C[C@H](C[C@@H](C)[C@@H]2CC(=O)[C@H](C)/C=C(\C)[C@@H](O)[C@](I)(OC)C(=O)[C@H](C)C[C@H](C)C=C/C=C/C=C(\C)CC[C@@H]3CC[C@@H](C)[C@@](O)(O3)C(=O)C(=O)N3CCCCC3C(=O)O2)CC[C@H]1OCCO. The molecule has 0 spiro atoms. The second-order valence-electron chi connectivity index (χ2n) is 19.9. The third-order valence-corrected chi connectivity index (χ3v) is 16.1. The van der Waals surface area contributed by atoms with E-state index in [2.05, 4.69) is 0 Å². The number of aliphatic hydroxyl groups excluding tert-OH is 2. The number of cyclic esters (lactones) is 1. The average Bonchev–Trinajstić information content (AvgIpc) is 3.31. The van der Waals surface area contributed by atoms with Gasteiger partial charge in [0.2, 0.25) is 9.39 Å². The Morgan fingerprint density at radius 3 is 2.34 bits per heavy atom. The zero-order chi connectivity index (χ0) is 49.6. The molecule has 3 N–H and O–H groups in total. The molecule has 3 aliphatic heterocycles.